The van der Waals surface area contributed by atoms with Crippen LogP contribution in [0.2, 0.25) is 0 Å². The number of hydrogen-bond acceptors (Lipinski definition) is 1. The minimum absolute atomic E-state index is 0.231. The highest BCUT2D eigenvalue weighted by Crippen LogP contribution is 2.61. The van der Waals surface area contributed by atoms with E-state index in [-0.39, 0.29) is 5.41 Å². The molecule has 0 spiro atoms. The van der Waals surface area contributed by atoms with Crippen LogP contribution in [0.1, 0.15) is 46.5 Å². The molecule has 1 saturated carbocycles. The molecular weight excluding hydrogens is 212 g/mol. The van der Waals surface area contributed by atoms with Gasteiger partial charge in [-0.1, -0.05) is 24.6 Å². The number of carboxylic acid groups (broad SMARTS) is 1. The number of rotatable bonds is 4. The van der Waals surface area contributed by atoms with Crippen molar-refractivity contribution >= 4 is 5.97 Å². The zero-order valence-corrected chi connectivity index (χ0v) is 11.0. The molecule has 0 aromatic heterocycles. The van der Waals surface area contributed by atoms with Gasteiger partial charge in [-0.2, -0.15) is 0 Å². The Hall–Kier alpha value is -1.05. The van der Waals surface area contributed by atoms with Gasteiger partial charge in [0.2, 0.25) is 0 Å². The van der Waals surface area contributed by atoms with Gasteiger partial charge in [0.05, 0.1) is 0 Å². The Bertz CT molecular complexity index is 388. The molecule has 0 amide bonds. The third-order valence-electron chi connectivity index (χ3n) is 4.73. The summed E-state index contributed by atoms with van der Waals surface area (Å²) in [6, 6.07) is 0. The summed E-state index contributed by atoms with van der Waals surface area (Å²) >= 11 is 0. The van der Waals surface area contributed by atoms with Crippen molar-refractivity contribution in [2.24, 2.45) is 17.3 Å². The zero-order chi connectivity index (χ0) is 12.6. The summed E-state index contributed by atoms with van der Waals surface area (Å²) in [5.74, 6) is 0.298. The van der Waals surface area contributed by atoms with E-state index in [1.807, 2.05) is 6.08 Å². The molecule has 0 aromatic carbocycles. The smallest absolute Gasteiger partial charge is 0.331 e. The number of aliphatic carboxylic acids is 1. The molecule has 1 fully saturated rings. The predicted octanol–water partition coefficient (Wildman–Crippen LogP) is 3.79. The number of carbonyl (C=O) groups is 1. The van der Waals surface area contributed by atoms with Gasteiger partial charge in [0, 0.05) is 5.57 Å². The number of hydrogen-bond donors (Lipinski definition) is 1. The highest BCUT2D eigenvalue weighted by Gasteiger charge is 2.55. The highest BCUT2D eigenvalue weighted by atomic mass is 16.4. The van der Waals surface area contributed by atoms with Crippen molar-refractivity contribution in [1.82, 2.24) is 0 Å². The minimum Gasteiger partial charge on any atom is -0.478 e. The monoisotopic (exact) mass is 234 g/mol. The molecule has 3 aliphatic rings. The predicted molar refractivity (Wildman–Crippen MR) is 68.7 cm³/mol. The van der Waals surface area contributed by atoms with Crippen LogP contribution in [0, 0.1) is 17.3 Å². The van der Waals surface area contributed by atoms with E-state index in [2.05, 4.69) is 26.8 Å². The summed E-state index contributed by atoms with van der Waals surface area (Å²) in [7, 11) is 0. The van der Waals surface area contributed by atoms with Gasteiger partial charge < -0.3 is 5.11 Å². The standard InChI is InChI=1S/C15H22O2/c1-10(2)5-4-8-15(3)11-6-7-12(14(16)17)13(15)9-11/h5,7,11,13H,4,6,8-9H2,1-3H3,(H,16,17). The van der Waals surface area contributed by atoms with Gasteiger partial charge in [-0.3, -0.25) is 0 Å². The lowest BCUT2D eigenvalue weighted by atomic mass is 9.46. The molecule has 1 N–H and O–H groups in total. The second kappa shape index (κ2) is 4.32. The van der Waals surface area contributed by atoms with Crippen molar-refractivity contribution in [2.45, 2.75) is 46.5 Å². The molecule has 2 nitrogen and oxygen atoms in total. The topological polar surface area (TPSA) is 37.3 Å². The first-order chi connectivity index (χ1) is 7.95. The van der Waals surface area contributed by atoms with E-state index >= 15 is 0 Å². The van der Waals surface area contributed by atoms with Crippen LogP contribution in [-0.4, -0.2) is 11.1 Å². The number of fused-ring (bicyclic) bond motifs is 1. The molecule has 3 aliphatic carbocycles. The number of allylic oxidation sites excluding steroid dienone is 3. The fraction of sp³-hybridized carbons (Fsp3) is 0.667. The Morgan fingerprint density at radius 2 is 2.29 bits per heavy atom. The molecule has 94 valence electrons. The van der Waals surface area contributed by atoms with E-state index in [1.165, 1.54) is 5.57 Å². The van der Waals surface area contributed by atoms with E-state index in [4.69, 9.17) is 0 Å². The summed E-state index contributed by atoms with van der Waals surface area (Å²) < 4.78 is 0. The third kappa shape index (κ3) is 2.05. The molecule has 0 heterocycles. The fourth-order valence-electron chi connectivity index (χ4n) is 3.49. The molecule has 3 unspecified atom stereocenters. The Kier molecular flexibility index (Phi) is 3.15. The van der Waals surface area contributed by atoms with Crippen molar-refractivity contribution in [3.63, 3.8) is 0 Å². The van der Waals surface area contributed by atoms with Crippen molar-refractivity contribution in [1.29, 1.82) is 0 Å². The maximum atomic E-state index is 11.2. The van der Waals surface area contributed by atoms with Gasteiger partial charge in [0.25, 0.3) is 0 Å². The molecule has 17 heavy (non-hydrogen) atoms. The minimum atomic E-state index is -0.707. The molecule has 0 saturated heterocycles. The lowest BCUT2D eigenvalue weighted by molar-refractivity contribution is -0.137. The van der Waals surface area contributed by atoms with Crippen LogP contribution < -0.4 is 0 Å². The third-order valence-corrected chi connectivity index (χ3v) is 4.73. The molecule has 0 radical (unpaired) electrons. The maximum Gasteiger partial charge on any atom is 0.331 e. The van der Waals surface area contributed by atoms with E-state index in [0.29, 0.717) is 17.4 Å². The van der Waals surface area contributed by atoms with Gasteiger partial charge >= 0.3 is 5.97 Å². The Morgan fingerprint density at radius 1 is 1.59 bits per heavy atom. The van der Waals surface area contributed by atoms with E-state index in [0.717, 1.165) is 25.7 Å². The summed E-state index contributed by atoms with van der Waals surface area (Å²) in [6.45, 7) is 6.51. The molecule has 2 heteroatoms. The largest absolute Gasteiger partial charge is 0.478 e. The van der Waals surface area contributed by atoms with Crippen LogP contribution >= 0.6 is 0 Å². The normalized spacial score (nSPS) is 34.6. The Balaban J connectivity index is 2.06. The molecule has 0 aromatic rings. The molecule has 3 rings (SSSR count). The van der Waals surface area contributed by atoms with E-state index in [9.17, 15) is 9.90 Å². The molecular formula is C15H22O2. The summed E-state index contributed by atoms with van der Waals surface area (Å²) in [6.07, 6.45) is 8.47. The van der Waals surface area contributed by atoms with Crippen LogP contribution in [0.5, 0.6) is 0 Å². The SMILES string of the molecule is CC(C)=CCCC1(C)C2CC=C(C(=O)O)C1C2. The lowest BCUT2D eigenvalue weighted by Crippen LogP contribution is -2.51. The zero-order valence-electron chi connectivity index (χ0n) is 11.0. The Morgan fingerprint density at radius 3 is 2.82 bits per heavy atom. The van der Waals surface area contributed by atoms with Crippen LogP contribution in [0.3, 0.4) is 0 Å². The first-order valence-electron chi connectivity index (χ1n) is 6.52. The molecule has 3 atom stereocenters. The average molecular weight is 234 g/mol. The second-order valence-corrected chi connectivity index (χ2v) is 6.01. The highest BCUT2D eigenvalue weighted by molar-refractivity contribution is 5.88. The van der Waals surface area contributed by atoms with Crippen LogP contribution in [0.15, 0.2) is 23.3 Å². The molecule has 0 aliphatic heterocycles. The Labute approximate surface area is 103 Å². The van der Waals surface area contributed by atoms with Gasteiger partial charge in [0.1, 0.15) is 0 Å². The van der Waals surface area contributed by atoms with Crippen molar-refractivity contribution in [3.8, 4) is 0 Å². The van der Waals surface area contributed by atoms with Gasteiger partial charge in [-0.25, -0.2) is 4.79 Å². The van der Waals surface area contributed by atoms with E-state index in [1.54, 1.807) is 0 Å². The lowest BCUT2D eigenvalue weighted by Gasteiger charge is -2.57. The summed E-state index contributed by atoms with van der Waals surface area (Å²) in [4.78, 5) is 11.2. The fourth-order valence-corrected chi connectivity index (χ4v) is 3.49. The van der Waals surface area contributed by atoms with Crippen molar-refractivity contribution in [3.05, 3.63) is 23.3 Å². The van der Waals surface area contributed by atoms with Crippen LogP contribution in [0.4, 0.5) is 0 Å². The second-order valence-electron chi connectivity index (χ2n) is 6.01. The van der Waals surface area contributed by atoms with Gasteiger partial charge in [-0.15, -0.1) is 0 Å². The summed E-state index contributed by atoms with van der Waals surface area (Å²) in [5, 5.41) is 9.20. The summed E-state index contributed by atoms with van der Waals surface area (Å²) in [5.41, 5.74) is 2.26. The van der Waals surface area contributed by atoms with Crippen molar-refractivity contribution in [2.75, 3.05) is 0 Å². The number of carboxylic acids is 1. The quantitative estimate of drug-likeness (QED) is 0.751. The maximum absolute atomic E-state index is 11.2. The van der Waals surface area contributed by atoms with Crippen LogP contribution in [0.25, 0.3) is 0 Å². The molecule has 2 bridgehead atoms. The first kappa shape index (κ1) is 12.4. The van der Waals surface area contributed by atoms with Crippen LogP contribution in [-0.2, 0) is 4.79 Å². The van der Waals surface area contributed by atoms with Crippen molar-refractivity contribution < 1.29 is 9.90 Å². The van der Waals surface area contributed by atoms with Gasteiger partial charge in [-0.05, 0) is 56.8 Å². The average Bonchev–Trinajstić information content (AvgIpc) is 2.28. The van der Waals surface area contributed by atoms with Gasteiger partial charge in [0.15, 0.2) is 0 Å². The van der Waals surface area contributed by atoms with E-state index < -0.39 is 5.97 Å². The first-order valence-corrected chi connectivity index (χ1v) is 6.52.